The number of rotatable bonds is 4. The second-order valence-electron chi connectivity index (χ2n) is 3.05. The van der Waals surface area contributed by atoms with Crippen LogP contribution in [0.25, 0.3) is 0 Å². The molecule has 0 saturated heterocycles. The minimum absolute atomic E-state index is 0.216. The average molecular weight is 239 g/mol. The number of nitrogens with two attached hydrogens (primary N) is 1. The lowest BCUT2D eigenvalue weighted by molar-refractivity contribution is 0.414. The van der Waals surface area contributed by atoms with Crippen LogP contribution >= 0.6 is 11.8 Å². The molecule has 0 amide bonds. The van der Waals surface area contributed by atoms with Gasteiger partial charge in [-0.15, -0.1) is 10.2 Å². The molecule has 1 heterocycles. The van der Waals surface area contributed by atoms with E-state index in [0.29, 0.717) is 22.4 Å². The molecule has 0 aliphatic heterocycles. The van der Waals surface area contributed by atoms with Crippen LogP contribution in [0.15, 0.2) is 33.9 Å². The third-order valence-corrected chi connectivity index (χ3v) is 2.80. The molecule has 0 aliphatic rings. The molecule has 1 aromatic heterocycles. The SMILES string of the molecule is NCc1nnc(SCc2ccccc2F)o1. The highest BCUT2D eigenvalue weighted by Gasteiger charge is 2.07. The fraction of sp³-hybridized carbons (Fsp3) is 0.200. The lowest BCUT2D eigenvalue weighted by Gasteiger charge is -1.99. The summed E-state index contributed by atoms with van der Waals surface area (Å²) in [5.41, 5.74) is 5.94. The molecule has 0 atom stereocenters. The fourth-order valence-electron chi connectivity index (χ4n) is 1.13. The van der Waals surface area contributed by atoms with E-state index in [0.717, 1.165) is 0 Å². The van der Waals surface area contributed by atoms with E-state index in [1.165, 1.54) is 17.8 Å². The highest BCUT2D eigenvalue weighted by Crippen LogP contribution is 2.22. The molecule has 2 aromatic rings. The standard InChI is InChI=1S/C10H10FN3OS/c11-8-4-2-1-3-7(8)6-16-10-14-13-9(5-12)15-10/h1-4H,5-6,12H2. The maximum absolute atomic E-state index is 13.3. The normalized spacial score (nSPS) is 10.6. The Morgan fingerprint density at radius 3 is 2.81 bits per heavy atom. The van der Waals surface area contributed by atoms with Crippen LogP contribution in [-0.4, -0.2) is 10.2 Å². The van der Waals surface area contributed by atoms with E-state index in [4.69, 9.17) is 10.2 Å². The van der Waals surface area contributed by atoms with E-state index in [-0.39, 0.29) is 12.4 Å². The molecular formula is C10H10FN3OS. The zero-order chi connectivity index (χ0) is 11.4. The second kappa shape index (κ2) is 5.09. The summed E-state index contributed by atoms with van der Waals surface area (Å²) < 4.78 is 18.5. The molecule has 2 N–H and O–H groups in total. The monoisotopic (exact) mass is 239 g/mol. The fourth-order valence-corrected chi connectivity index (χ4v) is 1.90. The van der Waals surface area contributed by atoms with Gasteiger partial charge in [-0.25, -0.2) is 4.39 Å². The van der Waals surface area contributed by atoms with Crippen molar-refractivity contribution in [3.05, 3.63) is 41.5 Å². The first-order chi connectivity index (χ1) is 7.79. The van der Waals surface area contributed by atoms with Gasteiger partial charge in [0, 0.05) is 5.75 Å². The Bertz CT molecular complexity index is 475. The Kier molecular flexibility index (Phi) is 3.53. The minimum atomic E-state index is -0.228. The summed E-state index contributed by atoms with van der Waals surface area (Å²) in [4.78, 5) is 0. The number of halogens is 1. The lowest BCUT2D eigenvalue weighted by atomic mass is 10.2. The molecule has 2 rings (SSSR count). The lowest BCUT2D eigenvalue weighted by Crippen LogP contribution is -1.95. The van der Waals surface area contributed by atoms with Gasteiger partial charge in [0.25, 0.3) is 5.22 Å². The van der Waals surface area contributed by atoms with Gasteiger partial charge in [0.2, 0.25) is 5.89 Å². The van der Waals surface area contributed by atoms with Gasteiger partial charge < -0.3 is 10.2 Å². The molecule has 1 aromatic carbocycles. The Morgan fingerprint density at radius 1 is 1.31 bits per heavy atom. The van der Waals surface area contributed by atoms with Crippen LogP contribution < -0.4 is 5.73 Å². The van der Waals surface area contributed by atoms with Gasteiger partial charge >= 0.3 is 0 Å². The van der Waals surface area contributed by atoms with Crippen LogP contribution in [-0.2, 0) is 12.3 Å². The van der Waals surface area contributed by atoms with E-state index in [1.807, 2.05) is 0 Å². The predicted octanol–water partition coefficient (Wildman–Crippen LogP) is 1.96. The van der Waals surface area contributed by atoms with Crippen LogP contribution in [0.5, 0.6) is 0 Å². The second-order valence-corrected chi connectivity index (χ2v) is 3.97. The third kappa shape index (κ3) is 2.59. The van der Waals surface area contributed by atoms with Gasteiger partial charge in [-0.2, -0.15) is 0 Å². The molecule has 84 valence electrons. The Hall–Kier alpha value is -1.40. The van der Waals surface area contributed by atoms with Crippen LogP contribution in [0.3, 0.4) is 0 Å². The van der Waals surface area contributed by atoms with E-state index in [9.17, 15) is 4.39 Å². The van der Waals surface area contributed by atoms with Gasteiger partial charge in [0.05, 0.1) is 6.54 Å². The zero-order valence-electron chi connectivity index (χ0n) is 8.39. The molecule has 0 saturated carbocycles. The van der Waals surface area contributed by atoms with Crippen molar-refractivity contribution in [1.29, 1.82) is 0 Å². The van der Waals surface area contributed by atoms with E-state index >= 15 is 0 Å². The van der Waals surface area contributed by atoms with Crippen molar-refractivity contribution in [2.24, 2.45) is 5.73 Å². The van der Waals surface area contributed by atoms with Gasteiger partial charge in [0.15, 0.2) is 0 Å². The highest BCUT2D eigenvalue weighted by molar-refractivity contribution is 7.98. The molecule has 16 heavy (non-hydrogen) atoms. The summed E-state index contributed by atoms with van der Waals surface area (Å²) in [7, 11) is 0. The van der Waals surface area contributed by atoms with E-state index < -0.39 is 0 Å². The zero-order valence-corrected chi connectivity index (χ0v) is 9.21. The third-order valence-electron chi connectivity index (χ3n) is 1.93. The topological polar surface area (TPSA) is 64.9 Å². The maximum Gasteiger partial charge on any atom is 0.276 e. The van der Waals surface area contributed by atoms with Gasteiger partial charge in [-0.3, -0.25) is 0 Å². The molecule has 0 bridgehead atoms. The summed E-state index contributed by atoms with van der Waals surface area (Å²) in [6, 6.07) is 6.60. The van der Waals surface area contributed by atoms with Crippen molar-refractivity contribution in [3.63, 3.8) is 0 Å². The van der Waals surface area contributed by atoms with Crippen LogP contribution in [0.2, 0.25) is 0 Å². The van der Waals surface area contributed by atoms with Crippen molar-refractivity contribution >= 4 is 11.8 Å². The summed E-state index contributed by atoms with van der Waals surface area (Å²) >= 11 is 1.29. The minimum Gasteiger partial charge on any atom is -0.415 e. The number of hydrogen-bond acceptors (Lipinski definition) is 5. The predicted molar refractivity (Wildman–Crippen MR) is 58.2 cm³/mol. The van der Waals surface area contributed by atoms with Crippen molar-refractivity contribution in [1.82, 2.24) is 10.2 Å². The van der Waals surface area contributed by atoms with Crippen LogP contribution in [0.1, 0.15) is 11.5 Å². The number of benzene rings is 1. The molecule has 6 heteroatoms. The first-order valence-corrected chi connectivity index (χ1v) is 5.67. The first kappa shape index (κ1) is 11.1. The van der Waals surface area contributed by atoms with Crippen LogP contribution in [0, 0.1) is 5.82 Å². The quantitative estimate of drug-likeness (QED) is 0.826. The summed E-state index contributed by atoms with van der Waals surface area (Å²) in [5, 5.41) is 7.89. The Labute approximate surface area is 96.0 Å². The highest BCUT2D eigenvalue weighted by atomic mass is 32.2. The van der Waals surface area contributed by atoms with Gasteiger partial charge in [-0.1, -0.05) is 30.0 Å². The first-order valence-electron chi connectivity index (χ1n) is 4.68. The number of aromatic nitrogens is 2. The van der Waals surface area contributed by atoms with Crippen molar-refractivity contribution < 1.29 is 8.81 Å². The molecular weight excluding hydrogens is 229 g/mol. The molecule has 0 fully saturated rings. The average Bonchev–Trinajstić information content (AvgIpc) is 2.76. The number of hydrogen-bond donors (Lipinski definition) is 1. The Balaban J connectivity index is 1.99. The van der Waals surface area contributed by atoms with Crippen molar-refractivity contribution in [3.8, 4) is 0 Å². The maximum atomic E-state index is 13.3. The van der Waals surface area contributed by atoms with Crippen molar-refractivity contribution in [2.75, 3.05) is 0 Å². The number of nitrogens with zero attached hydrogens (tertiary/aromatic N) is 2. The molecule has 4 nitrogen and oxygen atoms in total. The van der Waals surface area contributed by atoms with Gasteiger partial charge in [-0.05, 0) is 11.6 Å². The smallest absolute Gasteiger partial charge is 0.276 e. The number of thioether (sulfide) groups is 1. The summed E-state index contributed by atoms with van der Waals surface area (Å²) in [5.74, 6) is 0.614. The summed E-state index contributed by atoms with van der Waals surface area (Å²) in [6.07, 6.45) is 0. The van der Waals surface area contributed by atoms with Crippen LogP contribution in [0.4, 0.5) is 4.39 Å². The molecule has 0 aliphatic carbocycles. The van der Waals surface area contributed by atoms with Crippen molar-refractivity contribution in [2.45, 2.75) is 17.5 Å². The summed E-state index contributed by atoms with van der Waals surface area (Å²) in [6.45, 7) is 0.216. The van der Waals surface area contributed by atoms with E-state index in [1.54, 1.807) is 18.2 Å². The molecule has 0 unspecified atom stereocenters. The Morgan fingerprint density at radius 2 is 2.12 bits per heavy atom. The van der Waals surface area contributed by atoms with E-state index in [2.05, 4.69) is 10.2 Å². The van der Waals surface area contributed by atoms with Gasteiger partial charge in [0.1, 0.15) is 5.82 Å². The molecule has 0 radical (unpaired) electrons. The largest absolute Gasteiger partial charge is 0.415 e. The molecule has 0 spiro atoms.